The molecule has 1 heterocycles. The largest absolute Gasteiger partial charge is 0.454 e. The standard InChI is InChI=1S/C24H27FN4O6/c25-17-3-1-16(2-4-17)23(32)28-20(9-10-21(26)30)24(33)35-15-22(31)27-18-5-7-19(8-6-18)29-11-13-34-14-12-29/h1-8,20H,9-15H2,(H2,26,30)(H,27,31)(H,28,32)/t20-/m0/s1. The van der Waals surface area contributed by atoms with Gasteiger partial charge in [-0.1, -0.05) is 0 Å². The Kier molecular flexibility index (Phi) is 9.13. The first-order valence-corrected chi connectivity index (χ1v) is 11.1. The molecule has 0 aromatic heterocycles. The van der Waals surface area contributed by atoms with Crippen molar-refractivity contribution in [2.45, 2.75) is 18.9 Å². The van der Waals surface area contributed by atoms with Gasteiger partial charge in [0.25, 0.3) is 11.8 Å². The lowest BCUT2D eigenvalue weighted by atomic mass is 10.1. The monoisotopic (exact) mass is 486 g/mol. The van der Waals surface area contributed by atoms with Crippen molar-refractivity contribution in [2.75, 3.05) is 43.1 Å². The molecule has 2 aromatic carbocycles. The molecule has 0 spiro atoms. The number of nitrogens with two attached hydrogens (primary N) is 1. The SMILES string of the molecule is NC(=O)CC[C@H](NC(=O)c1ccc(F)cc1)C(=O)OCC(=O)Nc1ccc(N2CCOCC2)cc1. The van der Waals surface area contributed by atoms with Gasteiger partial charge in [-0.25, -0.2) is 9.18 Å². The van der Waals surface area contributed by atoms with Crippen molar-refractivity contribution in [1.82, 2.24) is 5.32 Å². The van der Waals surface area contributed by atoms with Crippen LogP contribution < -0.4 is 21.3 Å². The minimum absolute atomic E-state index is 0.113. The lowest BCUT2D eigenvalue weighted by Gasteiger charge is -2.28. The molecular weight excluding hydrogens is 459 g/mol. The van der Waals surface area contributed by atoms with Gasteiger partial charge in [-0.15, -0.1) is 0 Å². The molecule has 0 saturated carbocycles. The second-order valence-electron chi connectivity index (χ2n) is 7.84. The average molecular weight is 487 g/mol. The second-order valence-corrected chi connectivity index (χ2v) is 7.84. The molecule has 0 aliphatic carbocycles. The number of ether oxygens (including phenoxy) is 2. The van der Waals surface area contributed by atoms with Gasteiger partial charge in [-0.2, -0.15) is 0 Å². The second kappa shape index (κ2) is 12.5. The number of hydrogen-bond acceptors (Lipinski definition) is 7. The summed E-state index contributed by atoms with van der Waals surface area (Å²) in [6.07, 6.45) is -0.309. The highest BCUT2D eigenvalue weighted by molar-refractivity contribution is 5.97. The molecule has 186 valence electrons. The topological polar surface area (TPSA) is 140 Å². The number of nitrogens with one attached hydrogen (secondary N) is 2. The molecule has 1 fully saturated rings. The average Bonchev–Trinajstić information content (AvgIpc) is 2.86. The smallest absolute Gasteiger partial charge is 0.329 e. The van der Waals surface area contributed by atoms with E-state index in [0.29, 0.717) is 18.9 Å². The molecule has 0 radical (unpaired) electrons. The lowest BCUT2D eigenvalue weighted by Crippen LogP contribution is -2.43. The van der Waals surface area contributed by atoms with Crippen molar-refractivity contribution in [1.29, 1.82) is 0 Å². The van der Waals surface area contributed by atoms with Crippen molar-refractivity contribution >= 4 is 35.1 Å². The van der Waals surface area contributed by atoms with Crippen molar-refractivity contribution in [2.24, 2.45) is 5.73 Å². The molecule has 1 atom stereocenters. The minimum Gasteiger partial charge on any atom is -0.454 e. The van der Waals surface area contributed by atoms with Crippen LogP contribution in [0.25, 0.3) is 0 Å². The molecule has 11 heteroatoms. The van der Waals surface area contributed by atoms with E-state index in [2.05, 4.69) is 15.5 Å². The van der Waals surface area contributed by atoms with Gasteiger partial charge >= 0.3 is 5.97 Å². The van der Waals surface area contributed by atoms with Gasteiger partial charge in [-0.05, 0) is 55.0 Å². The van der Waals surface area contributed by atoms with Crippen LogP contribution in [0.1, 0.15) is 23.2 Å². The molecule has 2 aromatic rings. The number of halogens is 1. The van der Waals surface area contributed by atoms with Gasteiger partial charge in [0.05, 0.1) is 13.2 Å². The number of morpholine rings is 1. The molecule has 0 bridgehead atoms. The van der Waals surface area contributed by atoms with E-state index in [9.17, 15) is 23.6 Å². The third-order valence-corrected chi connectivity index (χ3v) is 5.25. The van der Waals surface area contributed by atoms with Gasteiger partial charge in [0.15, 0.2) is 6.61 Å². The Morgan fingerprint density at radius 2 is 1.69 bits per heavy atom. The number of anilines is 2. The number of carbonyl (C=O) groups is 4. The predicted octanol–water partition coefficient (Wildman–Crippen LogP) is 1.21. The summed E-state index contributed by atoms with van der Waals surface area (Å²) < 4.78 is 23.5. The number of nitrogens with zero attached hydrogens (tertiary/aromatic N) is 1. The number of rotatable bonds is 10. The maximum Gasteiger partial charge on any atom is 0.329 e. The molecular formula is C24H27FN4O6. The number of primary amides is 1. The van der Waals surface area contributed by atoms with Crippen LogP contribution in [0, 0.1) is 5.82 Å². The van der Waals surface area contributed by atoms with E-state index in [4.69, 9.17) is 15.2 Å². The zero-order chi connectivity index (χ0) is 25.2. The summed E-state index contributed by atoms with van der Waals surface area (Å²) in [5, 5.41) is 5.06. The summed E-state index contributed by atoms with van der Waals surface area (Å²) in [5.74, 6) is -3.33. The van der Waals surface area contributed by atoms with Crippen LogP contribution in [-0.2, 0) is 23.9 Å². The van der Waals surface area contributed by atoms with Gasteiger partial charge in [-0.3, -0.25) is 14.4 Å². The highest BCUT2D eigenvalue weighted by Crippen LogP contribution is 2.19. The summed E-state index contributed by atoms with van der Waals surface area (Å²) in [4.78, 5) is 50.5. The minimum atomic E-state index is -1.22. The molecule has 0 unspecified atom stereocenters. The summed E-state index contributed by atoms with van der Waals surface area (Å²) in [5.41, 5.74) is 6.79. The van der Waals surface area contributed by atoms with Crippen LogP contribution in [-0.4, -0.2) is 62.6 Å². The van der Waals surface area contributed by atoms with E-state index >= 15 is 0 Å². The number of amides is 3. The first-order chi connectivity index (χ1) is 16.8. The predicted molar refractivity (Wildman–Crippen MR) is 125 cm³/mol. The maximum absolute atomic E-state index is 13.1. The van der Waals surface area contributed by atoms with Gasteiger partial charge in [0, 0.05) is 36.4 Å². The fourth-order valence-electron chi connectivity index (χ4n) is 3.39. The number of benzene rings is 2. The van der Waals surface area contributed by atoms with Crippen LogP contribution in [0.15, 0.2) is 48.5 Å². The number of hydrogen-bond donors (Lipinski definition) is 3. The van der Waals surface area contributed by atoms with Crippen molar-refractivity contribution in [3.05, 3.63) is 59.9 Å². The third-order valence-electron chi connectivity index (χ3n) is 5.25. The Balaban J connectivity index is 1.52. The van der Waals surface area contributed by atoms with E-state index < -0.39 is 42.2 Å². The normalized spacial score (nSPS) is 14.0. The Bertz CT molecular complexity index is 1040. The molecule has 3 amide bonds. The van der Waals surface area contributed by atoms with Crippen LogP contribution >= 0.6 is 0 Å². The number of carbonyl (C=O) groups excluding carboxylic acids is 4. The van der Waals surface area contributed by atoms with Crippen LogP contribution in [0.5, 0.6) is 0 Å². The van der Waals surface area contributed by atoms with E-state index in [1.807, 2.05) is 12.1 Å². The summed E-state index contributed by atoms with van der Waals surface area (Å²) in [6, 6.07) is 10.7. The zero-order valence-electron chi connectivity index (χ0n) is 19.0. The van der Waals surface area contributed by atoms with Crippen molar-refractivity contribution in [3.63, 3.8) is 0 Å². The zero-order valence-corrected chi connectivity index (χ0v) is 19.0. The summed E-state index contributed by atoms with van der Waals surface area (Å²) >= 11 is 0. The van der Waals surface area contributed by atoms with Crippen LogP contribution in [0.2, 0.25) is 0 Å². The molecule has 1 saturated heterocycles. The Labute approximate surface area is 201 Å². The van der Waals surface area contributed by atoms with Gasteiger partial charge in [0.2, 0.25) is 5.91 Å². The maximum atomic E-state index is 13.1. The summed E-state index contributed by atoms with van der Waals surface area (Å²) in [6.45, 7) is 2.30. The van der Waals surface area contributed by atoms with Crippen LogP contribution in [0.4, 0.5) is 15.8 Å². The molecule has 3 rings (SSSR count). The molecule has 1 aliphatic heterocycles. The Hall–Kier alpha value is -3.99. The highest BCUT2D eigenvalue weighted by atomic mass is 19.1. The van der Waals surface area contributed by atoms with Gasteiger partial charge in [0.1, 0.15) is 11.9 Å². The molecule has 4 N–H and O–H groups in total. The molecule has 1 aliphatic rings. The summed E-state index contributed by atoms with van der Waals surface area (Å²) in [7, 11) is 0. The molecule has 35 heavy (non-hydrogen) atoms. The van der Waals surface area contributed by atoms with Crippen LogP contribution in [0.3, 0.4) is 0 Å². The van der Waals surface area contributed by atoms with Crippen molar-refractivity contribution in [3.8, 4) is 0 Å². The Morgan fingerprint density at radius 3 is 2.31 bits per heavy atom. The first-order valence-electron chi connectivity index (χ1n) is 11.1. The Morgan fingerprint density at radius 1 is 1.03 bits per heavy atom. The van der Waals surface area contributed by atoms with Gasteiger partial charge < -0.3 is 30.7 Å². The fraction of sp³-hybridized carbons (Fsp3) is 0.333. The van der Waals surface area contributed by atoms with E-state index in [1.54, 1.807) is 12.1 Å². The van der Waals surface area contributed by atoms with Crippen molar-refractivity contribution < 1.29 is 33.0 Å². The van der Waals surface area contributed by atoms with E-state index in [1.165, 1.54) is 12.1 Å². The quantitative estimate of drug-likeness (QED) is 0.429. The fourth-order valence-corrected chi connectivity index (χ4v) is 3.39. The first kappa shape index (κ1) is 25.6. The highest BCUT2D eigenvalue weighted by Gasteiger charge is 2.24. The van der Waals surface area contributed by atoms with E-state index in [0.717, 1.165) is 30.9 Å². The van der Waals surface area contributed by atoms with E-state index in [-0.39, 0.29) is 18.4 Å². The number of esters is 1. The lowest BCUT2D eigenvalue weighted by molar-refractivity contribution is -0.149. The third kappa shape index (κ3) is 8.07. The molecule has 10 nitrogen and oxygen atoms in total.